The van der Waals surface area contributed by atoms with E-state index in [-0.39, 0.29) is 11.6 Å². The molecule has 34 heavy (non-hydrogen) atoms. The second kappa shape index (κ2) is 9.32. The third-order valence-electron chi connectivity index (χ3n) is 5.11. The summed E-state index contributed by atoms with van der Waals surface area (Å²) in [4.78, 5) is 33.7. The number of fused-ring (bicyclic) bond motifs is 2. The third-order valence-corrected chi connectivity index (χ3v) is 7.31. The van der Waals surface area contributed by atoms with Crippen molar-refractivity contribution in [3.05, 3.63) is 82.0 Å². The molecule has 8 nitrogen and oxygen atoms in total. The Morgan fingerprint density at radius 3 is 2.62 bits per heavy atom. The van der Waals surface area contributed by atoms with Crippen LogP contribution in [0.15, 0.2) is 68.3 Å². The molecule has 0 atom stereocenters. The molecule has 0 aliphatic carbocycles. The van der Waals surface area contributed by atoms with Crippen LogP contribution in [0.1, 0.15) is 23.9 Å². The molecule has 0 unspecified atom stereocenters. The van der Waals surface area contributed by atoms with Crippen LogP contribution in [-0.2, 0) is 12.2 Å². The van der Waals surface area contributed by atoms with Crippen LogP contribution in [0.4, 0.5) is 16.2 Å². The number of rotatable bonds is 6. The number of nitrogens with zero attached hydrogens (tertiary/aromatic N) is 3. The monoisotopic (exact) mass is 491 g/mol. The van der Waals surface area contributed by atoms with Gasteiger partial charge in [-0.05, 0) is 49.2 Å². The third kappa shape index (κ3) is 4.82. The van der Waals surface area contributed by atoms with Crippen LogP contribution < -0.4 is 16.2 Å². The van der Waals surface area contributed by atoms with Crippen molar-refractivity contribution < 1.29 is 9.32 Å². The second-order valence-electron chi connectivity index (χ2n) is 7.67. The smallest absolute Gasteiger partial charge is 0.323 e. The van der Waals surface area contributed by atoms with Crippen LogP contribution in [0.5, 0.6) is 0 Å². The predicted molar refractivity (Wildman–Crippen MR) is 136 cm³/mol. The van der Waals surface area contributed by atoms with Crippen molar-refractivity contribution in [3.8, 4) is 0 Å². The fourth-order valence-corrected chi connectivity index (χ4v) is 5.44. The molecule has 2 aromatic carbocycles. The number of carbonyl (C=O) groups is 1. The van der Waals surface area contributed by atoms with E-state index in [4.69, 9.17) is 4.52 Å². The van der Waals surface area contributed by atoms with Gasteiger partial charge < -0.3 is 15.2 Å². The van der Waals surface area contributed by atoms with Crippen LogP contribution >= 0.6 is 23.1 Å². The Kier molecular flexibility index (Phi) is 6.08. The zero-order valence-electron chi connectivity index (χ0n) is 18.5. The molecule has 0 aliphatic rings. The van der Waals surface area contributed by atoms with Gasteiger partial charge in [0.25, 0.3) is 5.56 Å². The first-order valence-electron chi connectivity index (χ1n) is 10.7. The zero-order chi connectivity index (χ0) is 23.7. The fourth-order valence-electron chi connectivity index (χ4n) is 3.44. The number of thioether (sulfide) groups is 1. The Morgan fingerprint density at radius 1 is 1.06 bits per heavy atom. The Bertz CT molecular complexity index is 1550. The minimum Gasteiger partial charge on any atom is -0.375 e. The van der Waals surface area contributed by atoms with Crippen LogP contribution in [0.3, 0.4) is 0 Å². The van der Waals surface area contributed by atoms with Crippen LogP contribution in [-0.4, -0.2) is 20.6 Å². The average molecular weight is 492 g/mol. The van der Waals surface area contributed by atoms with E-state index in [1.165, 1.54) is 39.3 Å². The van der Waals surface area contributed by atoms with E-state index < -0.39 is 0 Å². The molecule has 0 saturated heterocycles. The number of hydrogen-bond acceptors (Lipinski definition) is 7. The minimum absolute atomic E-state index is 0.242. The second-order valence-corrected chi connectivity index (χ2v) is 9.92. The van der Waals surface area contributed by atoms with Gasteiger partial charge in [-0.1, -0.05) is 30.8 Å². The van der Waals surface area contributed by atoms with E-state index in [0.29, 0.717) is 28.5 Å². The van der Waals surface area contributed by atoms with Crippen LogP contribution in [0.2, 0.25) is 0 Å². The molecular weight excluding hydrogens is 470 g/mol. The topological polar surface area (TPSA) is 102 Å². The van der Waals surface area contributed by atoms with Crippen molar-refractivity contribution in [1.82, 2.24) is 14.5 Å². The van der Waals surface area contributed by atoms with Crippen molar-refractivity contribution in [2.24, 2.45) is 0 Å². The number of benzene rings is 2. The van der Waals surface area contributed by atoms with Crippen LogP contribution in [0, 0.1) is 6.92 Å². The Morgan fingerprint density at radius 2 is 1.82 bits per heavy atom. The number of thiazole rings is 1. The Hall–Kier alpha value is -3.63. The highest BCUT2D eigenvalue weighted by Crippen LogP contribution is 2.32. The fraction of sp³-hybridized carbons (Fsp3) is 0.167. The van der Waals surface area contributed by atoms with Gasteiger partial charge in [0.05, 0.1) is 15.9 Å². The van der Waals surface area contributed by atoms with Crippen molar-refractivity contribution >= 4 is 56.4 Å². The standard InChI is InChI=1S/C24H21N5O3S2/c1-3-15-4-6-16(7-5-15)26-23(31)27-17-8-9-19-20(11-17)34-24(28-19)33-13-18-12-22(30)29-21(25-18)10-14(2)32-29/h4-12H,3,13H2,1-2H3,(H2,26,27,31). The Labute approximate surface area is 203 Å². The summed E-state index contributed by atoms with van der Waals surface area (Å²) in [6, 6.07) is 16.3. The highest BCUT2D eigenvalue weighted by atomic mass is 32.2. The molecule has 172 valence electrons. The Balaban J connectivity index is 1.25. The lowest BCUT2D eigenvalue weighted by Gasteiger charge is -2.08. The molecule has 0 fully saturated rings. The minimum atomic E-state index is -0.301. The van der Waals surface area contributed by atoms with Crippen molar-refractivity contribution in [3.63, 3.8) is 0 Å². The van der Waals surface area contributed by atoms with Gasteiger partial charge in [-0.15, -0.1) is 15.9 Å². The predicted octanol–water partition coefficient (Wildman–Crippen LogP) is 5.70. The molecule has 10 heteroatoms. The first-order chi connectivity index (χ1) is 16.5. The molecule has 0 aliphatic heterocycles. The van der Waals surface area contributed by atoms with E-state index in [1.807, 2.05) is 42.5 Å². The number of urea groups is 1. The number of amides is 2. The number of aromatic nitrogens is 3. The molecule has 0 saturated carbocycles. The maximum Gasteiger partial charge on any atom is 0.323 e. The molecule has 5 aromatic rings. The number of nitrogens with one attached hydrogen (secondary N) is 2. The summed E-state index contributed by atoms with van der Waals surface area (Å²) in [6.45, 7) is 3.87. The van der Waals surface area contributed by atoms with E-state index in [9.17, 15) is 9.59 Å². The summed E-state index contributed by atoms with van der Waals surface area (Å²) < 4.78 is 8.33. The first-order valence-corrected chi connectivity index (χ1v) is 12.5. The van der Waals surface area contributed by atoms with Crippen molar-refractivity contribution in [1.29, 1.82) is 0 Å². The van der Waals surface area contributed by atoms with Gasteiger partial charge in [0.2, 0.25) is 0 Å². The van der Waals surface area contributed by atoms with E-state index in [0.717, 1.165) is 26.7 Å². The first kappa shape index (κ1) is 22.2. The summed E-state index contributed by atoms with van der Waals surface area (Å²) in [5.74, 6) is 1.15. The van der Waals surface area contributed by atoms with Crippen molar-refractivity contribution in [2.45, 2.75) is 30.4 Å². The van der Waals surface area contributed by atoms with Gasteiger partial charge in [-0.3, -0.25) is 4.79 Å². The molecule has 0 bridgehead atoms. The molecular formula is C24H21N5O3S2. The van der Waals surface area contributed by atoms with Gasteiger partial charge in [0, 0.05) is 29.3 Å². The van der Waals surface area contributed by atoms with Gasteiger partial charge in [-0.2, -0.15) is 0 Å². The molecule has 2 amide bonds. The highest BCUT2D eigenvalue weighted by molar-refractivity contribution is 8.00. The van der Waals surface area contributed by atoms with Gasteiger partial charge >= 0.3 is 6.03 Å². The average Bonchev–Trinajstić information content (AvgIpc) is 3.40. The molecule has 5 rings (SSSR count). The normalized spacial score (nSPS) is 11.2. The molecule has 0 radical (unpaired) electrons. The number of hydrogen-bond donors (Lipinski definition) is 2. The molecule has 2 N–H and O–H groups in total. The van der Waals surface area contributed by atoms with Gasteiger partial charge in [0.1, 0.15) is 5.76 Å². The zero-order valence-corrected chi connectivity index (χ0v) is 20.1. The van der Waals surface area contributed by atoms with E-state index in [1.54, 1.807) is 13.0 Å². The van der Waals surface area contributed by atoms with E-state index in [2.05, 4.69) is 27.5 Å². The largest absolute Gasteiger partial charge is 0.375 e. The maximum atomic E-state index is 12.4. The molecule has 3 aromatic heterocycles. The summed E-state index contributed by atoms with van der Waals surface area (Å²) >= 11 is 3.04. The quantitative estimate of drug-likeness (QED) is 0.295. The summed E-state index contributed by atoms with van der Waals surface area (Å²) in [5.41, 5.74) is 4.42. The lowest BCUT2D eigenvalue weighted by Crippen LogP contribution is -2.19. The summed E-state index contributed by atoms with van der Waals surface area (Å²) in [6.07, 6.45) is 0.955. The molecule has 3 heterocycles. The molecule has 0 spiro atoms. The highest BCUT2D eigenvalue weighted by Gasteiger charge is 2.11. The number of carbonyl (C=O) groups excluding carboxylic acids is 1. The van der Waals surface area contributed by atoms with E-state index >= 15 is 0 Å². The number of aryl methyl sites for hydroxylation is 2. The van der Waals surface area contributed by atoms with Gasteiger partial charge in [-0.25, -0.2) is 14.8 Å². The SMILES string of the molecule is CCc1ccc(NC(=O)Nc2ccc3nc(SCc4cc(=O)n5oc(C)cc5n4)sc3c2)cc1. The summed E-state index contributed by atoms with van der Waals surface area (Å²) in [5, 5.41) is 5.71. The lowest BCUT2D eigenvalue weighted by molar-refractivity contribution is 0.262. The lowest BCUT2D eigenvalue weighted by atomic mass is 10.1. The van der Waals surface area contributed by atoms with Gasteiger partial charge in [0.15, 0.2) is 9.99 Å². The maximum absolute atomic E-state index is 12.4. The van der Waals surface area contributed by atoms with Crippen molar-refractivity contribution in [2.75, 3.05) is 10.6 Å². The summed E-state index contributed by atoms with van der Waals surface area (Å²) in [7, 11) is 0. The van der Waals surface area contributed by atoms with Crippen LogP contribution in [0.25, 0.3) is 15.9 Å². The number of anilines is 2.